The fourth-order valence-corrected chi connectivity index (χ4v) is 1.52. The van der Waals surface area contributed by atoms with Crippen LogP contribution in [0.1, 0.15) is 31.7 Å². The Labute approximate surface area is 99.2 Å². The van der Waals surface area contributed by atoms with Gasteiger partial charge in [-0.3, -0.25) is 0 Å². The van der Waals surface area contributed by atoms with Crippen molar-refractivity contribution in [1.82, 2.24) is 4.90 Å². The molecule has 2 nitrogen and oxygen atoms in total. The van der Waals surface area contributed by atoms with Crippen LogP contribution in [0.25, 0.3) is 0 Å². The topological polar surface area (TPSA) is 12.5 Å². The minimum Gasteiger partial charge on any atom is -0.494 e. The highest BCUT2D eigenvalue weighted by molar-refractivity contribution is 5.28. The van der Waals surface area contributed by atoms with E-state index >= 15 is 0 Å². The molecule has 0 aliphatic carbocycles. The number of benzene rings is 1. The van der Waals surface area contributed by atoms with Gasteiger partial charge in [0.2, 0.25) is 0 Å². The van der Waals surface area contributed by atoms with Crippen LogP contribution >= 0.6 is 0 Å². The van der Waals surface area contributed by atoms with Gasteiger partial charge in [0.25, 0.3) is 0 Å². The van der Waals surface area contributed by atoms with E-state index in [2.05, 4.69) is 57.1 Å². The summed E-state index contributed by atoms with van der Waals surface area (Å²) in [4.78, 5) is 2.17. The van der Waals surface area contributed by atoms with Crippen molar-refractivity contribution in [3.05, 3.63) is 29.8 Å². The van der Waals surface area contributed by atoms with Gasteiger partial charge in [-0.1, -0.05) is 26.0 Å². The van der Waals surface area contributed by atoms with Gasteiger partial charge in [-0.2, -0.15) is 0 Å². The summed E-state index contributed by atoms with van der Waals surface area (Å²) in [6, 6.07) is 8.41. The van der Waals surface area contributed by atoms with Crippen molar-refractivity contribution in [3.63, 3.8) is 0 Å². The molecule has 1 aromatic carbocycles. The molecule has 0 spiro atoms. The summed E-state index contributed by atoms with van der Waals surface area (Å²) >= 11 is 0. The predicted molar refractivity (Wildman–Crippen MR) is 69.2 cm³/mol. The third-order valence-electron chi connectivity index (χ3n) is 2.57. The van der Waals surface area contributed by atoms with Crippen molar-refractivity contribution >= 4 is 0 Å². The summed E-state index contributed by atoms with van der Waals surface area (Å²) in [5, 5.41) is 0. The van der Waals surface area contributed by atoms with Gasteiger partial charge in [-0.15, -0.1) is 0 Å². The van der Waals surface area contributed by atoms with Crippen molar-refractivity contribution < 1.29 is 4.74 Å². The van der Waals surface area contributed by atoms with Crippen LogP contribution < -0.4 is 4.74 Å². The molecule has 1 aromatic rings. The van der Waals surface area contributed by atoms with Gasteiger partial charge >= 0.3 is 0 Å². The number of rotatable bonds is 6. The third-order valence-corrected chi connectivity index (χ3v) is 2.57. The Hall–Kier alpha value is -1.02. The highest BCUT2D eigenvalue weighted by atomic mass is 16.5. The van der Waals surface area contributed by atoms with E-state index in [0.717, 1.165) is 25.3 Å². The first kappa shape index (κ1) is 13.0. The van der Waals surface area contributed by atoms with Crippen LogP contribution in [0.15, 0.2) is 24.3 Å². The van der Waals surface area contributed by atoms with Gasteiger partial charge < -0.3 is 9.64 Å². The molecule has 0 bridgehead atoms. The normalized spacial score (nSPS) is 11.1. The molecule has 0 fully saturated rings. The van der Waals surface area contributed by atoms with Crippen LogP contribution in [0.3, 0.4) is 0 Å². The molecule has 0 radical (unpaired) electrons. The van der Waals surface area contributed by atoms with Gasteiger partial charge in [-0.05, 0) is 44.1 Å². The first-order chi connectivity index (χ1) is 7.59. The smallest absolute Gasteiger partial charge is 0.119 e. The molecule has 0 atom stereocenters. The zero-order chi connectivity index (χ0) is 12.0. The molecule has 16 heavy (non-hydrogen) atoms. The zero-order valence-electron chi connectivity index (χ0n) is 10.9. The molecule has 0 amide bonds. The lowest BCUT2D eigenvalue weighted by Gasteiger charge is -2.11. The minimum absolute atomic E-state index is 0.586. The summed E-state index contributed by atoms with van der Waals surface area (Å²) < 4.78 is 5.66. The maximum atomic E-state index is 5.66. The van der Waals surface area contributed by atoms with Crippen LogP contribution in [-0.4, -0.2) is 32.1 Å². The molecule has 0 aliphatic heterocycles. The quantitative estimate of drug-likeness (QED) is 0.684. The van der Waals surface area contributed by atoms with E-state index in [1.54, 1.807) is 0 Å². The van der Waals surface area contributed by atoms with Gasteiger partial charge in [0.05, 0.1) is 6.61 Å². The average Bonchev–Trinajstić information content (AvgIpc) is 2.25. The highest BCUT2D eigenvalue weighted by Gasteiger charge is 1.99. The Morgan fingerprint density at radius 1 is 1.12 bits per heavy atom. The van der Waals surface area contributed by atoms with Crippen molar-refractivity contribution in [3.8, 4) is 5.75 Å². The van der Waals surface area contributed by atoms with Crippen LogP contribution in [0.5, 0.6) is 5.75 Å². The SMILES string of the molecule is CC(C)c1ccc(OCCCN(C)C)cc1. The molecular weight excluding hydrogens is 198 g/mol. The van der Waals surface area contributed by atoms with Gasteiger partial charge in [-0.25, -0.2) is 0 Å². The molecular formula is C14H23NO. The molecule has 0 saturated heterocycles. The van der Waals surface area contributed by atoms with Crippen molar-refractivity contribution in [2.24, 2.45) is 0 Å². The first-order valence-corrected chi connectivity index (χ1v) is 5.97. The Morgan fingerprint density at radius 2 is 1.75 bits per heavy atom. The molecule has 0 heterocycles. The van der Waals surface area contributed by atoms with Crippen molar-refractivity contribution in [2.75, 3.05) is 27.2 Å². The summed E-state index contributed by atoms with van der Waals surface area (Å²) in [5.41, 5.74) is 1.36. The van der Waals surface area contributed by atoms with E-state index in [1.165, 1.54) is 5.56 Å². The van der Waals surface area contributed by atoms with Crippen molar-refractivity contribution in [1.29, 1.82) is 0 Å². The van der Waals surface area contributed by atoms with Gasteiger partial charge in [0.15, 0.2) is 0 Å². The number of nitrogens with zero attached hydrogens (tertiary/aromatic N) is 1. The lowest BCUT2D eigenvalue weighted by atomic mass is 10.0. The Kier molecular flexibility index (Phi) is 5.33. The molecule has 0 aromatic heterocycles. The molecule has 0 aliphatic rings. The molecule has 0 N–H and O–H groups in total. The Morgan fingerprint density at radius 3 is 2.25 bits per heavy atom. The fraction of sp³-hybridized carbons (Fsp3) is 0.571. The third kappa shape index (κ3) is 4.67. The molecule has 0 saturated carbocycles. The van der Waals surface area contributed by atoms with Crippen LogP contribution in [0.2, 0.25) is 0 Å². The fourth-order valence-electron chi connectivity index (χ4n) is 1.52. The molecule has 90 valence electrons. The number of ether oxygens (including phenoxy) is 1. The first-order valence-electron chi connectivity index (χ1n) is 5.97. The molecule has 0 unspecified atom stereocenters. The number of hydrogen-bond donors (Lipinski definition) is 0. The largest absolute Gasteiger partial charge is 0.494 e. The Bertz CT molecular complexity index is 290. The van der Waals surface area contributed by atoms with E-state index in [9.17, 15) is 0 Å². The van der Waals surface area contributed by atoms with E-state index in [0.29, 0.717) is 5.92 Å². The summed E-state index contributed by atoms with van der Waals surface area (Å²) in [6.07, 6.45) is 1.07. The molecule has 1 rings (SSSR count). The lowest BCUT2D eigenvalue weighted by molar-refractivity contribution is 0.281. The van der Waals surface area contributed by atoms with E-state index < -0.39 is 0 Å². The van der Waals surface area contributed by atoms with E-state index in [-0.39, 0.29) is 0 Å². The van der Waals surface area contributed by atoms with Crippen molar-refractivity contribution in [2.45, 2.75) is 26.2 Å². The summed E-state index contributed by atoms with van der Waals surface area (Å²) in [7, 11) is 4.16. The highest BCUT2D eigenvalue weighted by Crippen LogP contribution is 2.18. The van der Waals surface area contributed by atoms with Gasteiger partial charge in [0.1, 0.15) is 5.75 Å². The minimum atomic E-state index is 0.586. The zero-order valence-corrected chi connectivity index (χ0v) is 10.9. The summed E-state index contributed by atoms with van der Waals surface area (Å²) in [5.74, 6) is 1.56. The average molecular weight is 221 g/mol. The second-order valence-corrected chi connectivity index (χ2v) is 4.73. The lowest BCUT2D eigenvalue weighted by Crippen LogP contribution is -2.15. The second-order valence-electron chi connectivity index (χ2n) is 4.73. The van der Waals surface area contributed by atoms with Gasteiger partial charge in [0, 0.05) is 6.54 Å². The van der Waals surface area contributed by atoms with E-state index in [1.807, 2.05) is 0 Å². The van der Waals surface area contributed by atoms with Crippen LogP contribution in [-0.2, 0) is 0 Å². The number of hydrogen-bond acceptors (Lipinski definition) is 2. The molecule has 2 heteroatoms. The maximum absolute atomic E-state index is 5.66. The standard InChI is InChI=1S/C14H23NO/c1-12(2)13-6-8-14(9-7-13)16-11-5-10-15(3)4/h6-9,12H,5,10-11H2,1-4H3. The van der Waals surface area contributed by atoms with E-state index in [4.69, 9.17) is 4.74 Å². The predicted octanol–water partition coefficient (Wildman–Crippen LogP) is 3.14. The van der Waals surface area contributed by atoms with Crippen LogP contribution in [0.4, 0.5) is 0 Å². The summed E-state index contributed by atoms with van der Waals surface area (Å²) in [6.45, 7) is 6.27. The maximum Gasteiger partial charge on any atom is 0.119 e. The Balaban J connectivity index is 2.32. The van der Waals surface area contributed by atoms with Crippen LogP contribution in [0, 0.1) is 0 Å². The second kappa shape index (κ2) is 6.54. The monoisotopic (exact) mass is 221 g/mol.